The first-order valence-electron chi connectivity index (χ1n) is 6.06. The Balaban J connectivity index is 2.27. The zero-order valence-electron chi connectivity index (χ0n) is 10.3. The van der Waals surface area contributed by atoms with Gasteiger partial charge in [-0.25, -0.2) is 4.79 Å². The van der Waals surface area contributed by atoms with E-state index < -0.39 is 12.0 Å². The third-order valence-electron chi connectivity index (χ3n) is 3.29. The van der Waals surface area contributed by atoms with E-state index in [4.69, 9.17) is 5.11 Å². The maximum Gasteiger partial charge on any atom is 0.326 e. The Bertz CT molecular complexity index is 473. The second-order valence-electron chi connectivity index (χ2n) is 4.48. The monoisotopic (exact) mass is 248 g/mol. The van der Waals surface area contributed by atoms with Crippen molar-refractivity contribution in [3.63, 3.8) is 0 Å². The molecule has 0 aromatic carbocycles. The van der Waals surface area contributed by atoms with Gasteiger partial charge in [0.25, 0.3) is 5.91 Å². The zero-order valence-corrected chi connectivity index (χ0v) is 10.3. The summed E-state index contributed by atoms with van der Waals surface area (Å²) in [5.74, 6) is -1.16. The second kappa shape index (κ2) is 5.16. The number of amides is 1. The SMILES string of the molecule is Cc1ncccc1C(=O)N1CCCC[C@H]1C(=O)O. The van der Waals surface area contributed by atoms with E-state index in [1.807, 2.05) is 0 Å². The number of piperidine rings is 1. The lowest BCUT2D eigenvalue weighted by molar-refractivity contribution is -0.143. The number of carbonyl (C=O) groups excluding carboxylic acids is 1. The molecule has 5 heteroatoms. The molecule has 0 aliphatic carbocycles. The largest absolute Gasteiger partial charge is 0.480 e. The minimum atomic E-state index is -0.926. The minimum Gasteiger partial charge on any atom is -0.480 e. The fourth-order valence-electron chi connectivity index (χ4n) is 2.30. The Hall–Kier alpha value is -1.91. The van der Waals surface area contributed by atoms with Crippen LogP contribution in [0.3, 0.4) is 0 Å². The summed E-state index contributed by atoms with van der Waals surface area (Å²) in [7, 11) is 0. The molecule has 1 atom stereocenters. The van der Waals surface area contributed by atoms with Crippen LogP contribution < -0.4 is 0 Å². The van der Waals surface area contributed by atoms with Gasteiger partial charge in [0.15, 0.2) is 0 Å². The maximum atomic E-state index is 12.4. The molecule has 1 aromatic rings. The van der Waals surface area contributed by atoms with Crippen molar-refractivity contribution >= 4 is 11.9 Å². The molecule has 2 rings (SSSR count). The number of pyridine rings is 1. The summed E-state index contributed by atoms with van der Waals surface area (Å²) in [5.41, 5.74) is 1.13. The summed E-state index contributed by atoms with van der Waals surface area (Å²) < 4.78 is 0. The van der Waals surface area contributed by atoms with E-state index in [1.165, 1.54) is 4.90 Å². The lowest BCUT2D eigenvalue weighted by atomic mass is 10.0. The van der Waals surface area contributed by atoms with Gasteiger partial charge in [0.05, 0.1) is 5.56 Å². The predicted molar refractivity (Wildman–Crippen MR) is 65.3 cm³/mol. The number of likely N-dealkylation sites (tertiary alicyclic amines) is 1. The molecule has 0 saturated carbocycles. The van der Waals surface area contributed by atoms with Crippen molar-refractivity contribution in [3.8, 4) is 0 Å². The number of nitrogens with zero attached hydrogens (tertiary/aromatic N) is 2. The van der Waals surface area contributed by atoms with Crippen LogP contribution in [0.5, 0.6) is 0 Å². The summed E-state index contributed by atoms with van der Waals surface area (Å²) in [6, 6.07) is 2.68. The van der Waals surface area contributed by atoms with Crippen LogP contribution in [0.15, 0.2) is 18.3 Å². The van der Waals surface area contributed by atoms with Gasteiger partial charge in [0.1, 0.15) is 6.04 Å². The molecule has 0 bridgehead atoms. The van der Waals surface area contributed by atoms with E-state index >= 15 is 0 Å². The molecule has 1 fully saturated rings. The molecule has 0 spiro atoms. The highest BCUT2D eigenvalue weighted by Gasteiger charge is 2.32. The van der Waals surface area contributed by atoms with E-state index in [9.17, 15) is 9.59 Å². The molecule has 1 aliphatic heterocycles. The smallest absolute Gasteiger partial charge is 0.326 e. The average Bonchev–Trinajstić information content (AvgIpc) is 2.38. The Morgan fingerprint density at radius 3 is 2.89 bits per heavy atom. The Morgan fingerprint density at radius 2 is 2.22 bits per heavy atom. The van der Waals surface area contributed by atoms with Crippen LogP contribution in [-0.4, -0.2) is 39.5 Å². The summed E-state index contributed by atoms with van der Waals surface area (Å²) >= 11 is 0. The maximum absolute atomic E-state index is 12.4. The van der Waals surface area contributed by atoms with Crippen molar-refractivity contribution in [3.05, 3.63) is 29.6 Å². The highest BCUT2D eigenvalue weighted by atomic mass is 16.4. The van der Waals surface area contributed by atoms with Crippen molar-refractivity contribution in [1.82, 2.24) is 9.88 Å². The number of hydrogen-bond acceptors (Lipinski definition) is 3. The van der Waals surface area contributed by atoms with Gasteiger partial charge < -0.3 is 10.0 Å². The first kappa shape index (κ1) is 12.5. The molecular weight excluding hydrogens is 232 g/mol. The van der Waals surface area contributed by atoms with Crippen LogP contribution in [0.2, 0.25) is 0 Å². The van der Waals surface area contributed by atoms with Gasteiger partial charge in [-0.3, -0.25) is 9.78 Å². The van der Waals surface area contributed by atoms with Crippen LogP contribution in [-0.2, 0) is 4.79 Å². The fourth-order valence-corrected chi connectivity index (χ4v) is 2.30. The van der Waals surface area contributed by atoms with Crippen LogP contribution in [0.1, 0.15) is 35.3 Å². The topological polar surface area (TPSA) is 70.5 Å². The minimum absolute atomic E-state index is 0.229. The Morgan fingerprint density at radius 1 is 1.44 bits per heavy atom. The molecule has 1 saturated heterocycles. The van der Waals surface area contributed by atoms with Crippen molar-refractivity contribution in [2.24, 2.45) is 0 Å². The van der Waals surface area contributed by atoms with E-state index in [0.717, 1.165) is 12.8 Å². The third-order valence-corrected chi connectivity index (χ3v) is 3.29. The number of aryl methyl sites for hydroxylation is 1. The standard InChI is InChI=1S/C13H16N2O3/c1-9-10(5-4-7-14-9)12(16)15-8-3-2-6-11(15)13(17)18/h4-5,7,11H,2-3,6,8H2,1H3,(H,17,18)/t11-/m0/s1. The van der Waals surface area contributed by atoms with Crippen molar-refractivity contribution in [1.29, 1.82) is 0 Å². The number of rotatable bonds is 2. The Labute approximate surface area is 105 Å². The van der Waals surface area contributed by atoms with Crippen LogP contribution >= 0.6 is 0 Å². The fraction of sp³-hybridized carbons (Fsp3) is 0.462. The first-order valence-corrected chi connectivity index (χ1v) is 6.06. The summed E-state index contributed by atoms with van der Waals surface area (Å²) in [6.07, 6.45) is 3.86. The molecule has 1 N–H and O–H groups in total. The van der Waals surface area contributed by atoms with Crippen molar-refractivity contribution < 1.29 is 14.7 Å². The van der Waals surface area contributed by atoms with Gasteiger partial charge in [0.2, 0.25) is 0 Å². The van der Waals surface area contributed by atoms with Crippen LogP contribution in [0.25, 0.3) is 0 Å². The van der Waals surface area contributed by atoms with E-state index in [0.29, 0.717) is 24.2 Å². The number of aliphatic carboxylic acids is 1. The van der Waals surface area contributed by atoms with Crippen LogP contribution in [0.4, 0.5) is 0 Å². The zero-order chi connectivity index (χ0) is 13.1. The van der Waals surface area contributed by atoms with E-state index in [1.54, 1.807) is 25.3 Å². The van der Waals surface area contributed by atoms with E-state index in [-0.39, 0.29) is 5.91 Å². The summed E-state index contributed by atoms with van der Waals surface area (Å²) in [4.78, 5) is 29.1. The highest BCUT2D eigenvalue weighted by molar-refractivity contribution is 5.97. The number of carboxylic acids is 1. The molecule has 0 radical (unpaired) electrons. The predicted octanol–water partition coefficient (Wildman–Crippen LogP) is 1.47. The number of hydrogen-bond donors (Lipinski definition) is 1. The van der Waals surface area contributed by atoms with Crippen LogP contribution in [0, 0.1) is 6.92 Å². The molecule has 5 nitrogen and oxygen atoms in total. The molecule has 2 heterocycles. The van der Waals surface area contributed by atoms with Gasteiger partial charge in [-0.15, -0.1) is 0 Å². The van der Waals surface area contributed by atoms with Gasteiger partial charge in [-0.1, -0.05) is 0 Å². The lowest BCUT2D eigenvalue weighted by Gasteiger charge is -2.33. The van der Waals surface area contributed by atoms with Crippen molar-refractivity contribution in [2.75, 3.05) is 6.54 Å². The van der Waals surface area contributed by atoms with E-state index in [2.05, 4.69) is 4.98 Å². The number of carboxylic acid groups (broad SMARTS) is 1. The average molecular weight is 248 g/mol. The second-order valence-corrected chi connectivity index (χ2v) is 4.48. The molecule has 1 amide bonds. The highest BCUT2D eigenvalue weighted by Crippen LogP contribution is 2.20. The van der Waals surface area contributed by atoms with Gasteiger partial charge in [-0.2, -0.15) is 0 Å². The van der Waals surface area contributed by atoms with Gasteiger partial charge in [-0.05, 0) is 38.3 Å². The first-order chi connectivity index (χ1) is 8.61. The lowest BCUT2D eigenvalue weighted by Crippen LogP contribution is -2.48. The van der Waals surface area contributed by atoms with Crippen molar-refractivity contribution in [2.45, 2.75) is 32.2 Å². The number of carbonyl (C=O) groups is 2. The summed E-state index contributed by atoms with van der Waals surface area (Å²) in [5, 5.41) is 9.16. The van der Waals surface area contributed by atoms with Gasteiger partial charge >= 0.3 is 5.97 Å². The number of aromatic nitrogens is 1. The Kier molecular flexibility index (Phi) is 3.60. The molecular formula is C13H16N2O3. The summed E-state index contributed by atoms with van der Waals surface area (Å²) in [6.45, 7) is 2.26. The third kappa shape index (κ3) is 2.34. The molecule has 1 aliphatic rings. The normalized spacial score (nSPS) is 19.6. The quantitative estimate of drug-likeness (QED) is 0.860. The molecule has 96 valence electrons. The molecule has 0 unspecified atom stereocenters. The van der Waals surface area contributed by atoms with Gasteiger partial charge in [0, 0.05) is 18.4 Å². The molecule has 1 aromatic heterocycles. The molecule has 18 heavy (non-hydrogen) atoms.